The zero-order valence-electron chi connectivity index (χ0n) is 11.4. The molecule has 3 rings (SSSR count). The predicted molar refractivity (Wildman–Crippen MR) is 72.1 cm³/mol. The van der Waals surface area contributed by atoms with Crippen molar-refractivity contribution in [2.45, 2.75) is 19.9 Å². The van der Waals surface area contributed by atoms with Crippen molar-refractivity contribution in [3.63, 3.8) is 0 Å². The molecule has 1 unspecified atom stereocenters. The van der Waals surface area contributed by atoms with Gasteiger partial charge >= 0.3 is 0 Å². The molecule has 19 heavy (non-hydrogen) atoms. The first-order valence-electron chi connectivity index (χ1n) is 6.72. The van der Waals surface area contributed by atoms with Gasteiger partial charge in [-0.2, -0.15) is 5.10 Å². The Morgan fingerprint density at radius 3 is 3.00 bits per heavy atom. The third-order valence-corrected chi connectivity index (χ3v) is 4.12. The molecular weight excluding hydrogens is 242 g/mol. The molecule has 0 spiro atoms. The van der Waals surface area contributed by atoms with Crippen molar-refractivity contribution in [2.24, 2.45) is 0 Å². The number of carbonyl (C=O) groups is 1. The van der Waals surface area contributed by atoms with Crippen LogP contribution in [0.5, 0.6) is 0 Å². The van der Waals surface area contributed by atoms with Crippen molar-refractivity contribution in [1.82, 2.24) is 20.4 Å². The Morgan fingerprint density at radius 1 is 1.32 bits per heavy atom. The molecule has 2 aliphatic rings. The fourth-order valence-corrected chi connectivity index (χ4v) is 2.79. The van der Waals surface area contributed by atoms with E-state index in [0.29, 0.717) is 6.54 Å². The van der Waals surface area contributed by atoms with E-state index in [1.807, 2.05) is 6.92 Å². The molecule has 1 atom stereocenters. The van der Waals surface area contributed by atoms with Gasteiger partial charge in [-0.05, 0) is 25.0 Å². The minimum Gasteiger partial charge on any atom is -0.353 e. The second-order valence-electron chi connectivity index (χ2n) is 5.26. The Kier molecular flexibility index (Phi) is 3.10. The molecule has 0 aliphatic carbocycles. The lowest BCUT2D eigenvalue weighted by Gasteiger charge is -2.43. The van der Waals surface area contributed by atoms with Crippen molar-refractivity contribution in [3.8, 4) is 0 Å². The Bertz CT molecular complexity index is 504. The lowest BCUT2D eigenvalue weighted by Crippen LogP contribution is -2.64. The van der Waals surface area contributed by atoms with Gasteiger partial charge in [0.1, 0.15) is 6.04 Å². The van der Waals surface area contributed by atoms with E-state index < -0.39 is 0 Å². The highest BCUT2D eigenvalue weighted by molar-refractivity contribution is 5.83. The molecule has 6 nitrogen and oxygen atoms in total. The summed E-state index contributed by atoms with van der Waals surface area (Å²) in [5, 5.41) is 11.2. The van der Waals surface area contributed by atoms with Crippen molar-refractivity contribution in [2.75, 3.05) is 37.6 Å². The fraction of sp³-hybridized carbons (Fsp3) is 0.615. The SMILES string of the molecule is Cc1cnnc(N2CCN3CCNC(=O)C3C2)c1C. The maximum Gasteiger partial charge on any atom is 0.239 e. The molecule has 3 heterocycles. The summed E-state index contributed by atoms with van der Waals surface area (Å²) in [6, 6.07) is -0.0517. The van der Waals surface area contributed by atoms with Crippen LogP contribution in [0.2, 0.25) is 0 Å². The van der Waals surface area contributed by atoms with Crippen LogP contribution in [0.1, 0.15) is 11.1 Å². The van der Waals surface area contributed by atoms with E-state index in [1.54, 1.807) is 6.20 Å². The molecule has 6 heteroatoms. The van der Waals surface area contributed by atoms with Crippen LogP contribution in [-0.4, -0.2) is 59.8 Å². The minimum atomic E-state index is -0.0517. The topological polar surface area (TPSA) is 61.4 Å². The smallest absolute Gasteiger partial charge is 0.239 e. The number of hydrogen-bond donors (Lipinski definition) is 1. The number of nitrogens with zero attached hydrogens (tertiary/aromatic N) is 4. The minimum absolute atomic E-state index is 0.0517. The molecule has 0 radical (unpaired) electrons. The van der Waals surface area contributed by atoms with E-state index in [0.717, 1.165) is 43.1 Å². The summed E-state index contributed by atoms with van der Waals surface area (Å²) in [7, 11) is 0. The quantitative estimate of drug-likeness (QED) is 0.753. The van der Waals surface area contributed by atoms with Gasteiger partial charge in [0.2, 0.25) is 5.91 Å². The number of rotatable bonds is 1. The second-order valence-corrected chi connectivity index (χ2v) is 5.26. The molecule has 2 fully saturated rings. The van der Waals surface area contributed by atoms with E-state index in [4.69, 9.17) is 0 Å². The lowest BCUT2D eigenvalue weighted by atomic mass is 10.1. The molecule has 1 amide bonds. The highest BCUT2D eigenvalue weighted by Gasteiger charge is 2.35. The van der Waals surface area contributed by atoms with E-state index in [2.05, 4.69) is 32.2 Å². The summed E-state index contributed by atoms with van der Waals surface area (Å²) in [4.78, 5) is 16.4. The molecule has 1 aromatic rings. The molecule has 0 bridgehead atoms. The van der Waals surface area contributed by atoms with Gasteiger partial charge in [-0.25, -0.2) is 0 Å². The van der Waals surface area contributed by atoms with Crippen LogP contribution in [0.15, 0.2) is 6.20 Å². The van der Waals surface area contributed by atoms with Crippen LogP contribution in [0.4, 0.5) is 5.82 Å². The first-order chi connectivity index (χ1) is 9.16. The number of hydrogen-bond acceptors (Lipinski definition) is 5. The summed E-state index contributed by atoms with van der Waals surface area (Å²) >= 11 is 0. The molecule has 2 saturated heterocycles. The van der Waals surface area contributed by atoms with Crippen molar-refractivity contribution < 1.29 is 4.79 Å². The van der Waals surface area contributed by atoms with Crippen molar-refractivity contribution in [1.29, 1.82) is 0 Å². The third kappa shape index (κ3) is 2.16. The Balaban J connectivity index is 1.83. The number of piperazine rings is 2. The zero-order chi connectivity index (χ0) is 13.4. The Hall–Kier alpha value is -1.69. The summed E-state index contributed by atoms with van der Waals surface area (Å²) < 4.78 is 0. The van der Waals surface area contributed by atoms with E-state index in [1.165, 1.54) is 0 Å². The number of aryl methyl sites for hydroxylation is 1. The largest absolute Gasteiger partial charge is 0.353 e. The number of amides is 1. The van der Waals surface area contributed by atoms with E-state index >= 15 is 0 Å². The average molecular weight is 261 g/mol. The first kappa shape index (κ1) is 12.3. The van der Waals surface area contributed by atoms with Crippen LogP contribution in [0.25, 0.3) is 0 Å². The molecule has 0 saturated carbocycles. The number of carbonyl (C=O) groups excluding carboxylic acids is 1. The average Bonchev–Trinajstić information content (AvgIpc) is 2.42. The number of fused-ring (bicyclic) bond motifs is 1. The Morgan fingerprint density at radius 2 is 2.16 bits per heavy atom. The molecule has 1 aromatic heterocycles. The first-order valence-corrected chi connectivity index (χ1v) is 6.72. The highest BCUT2D eigenvalue weighted by Crippen LogP contribution is 2.22. The van der Waals surface area contributed by atoms with Crippen LogP contribution < -0.4 is 10.2 Å². The number of anilines is 1. The van der Waals surface area contributed by atoms with Gasteiger partial charge in [0.25, 0.3) is 0 Å². The van der Waals surface area contributed by atoms with E-state index in [-0.39, 0.29) is 11.9 Å². The summed E-state index contributed by atoms with van der Waals surface area (Å²) in [5.41, 5.74) is 2.29. The molecule has 102 valence electrons. The van der Waals surface area contributed by atoms with Gasteiger partial charge < -0.3 is 10.2 Å². The van der Waals surface area contributed by atoms with Gasteiger partial charge in [-0.15, -0.1) is 5.10 Å². The van der Waals surface area contributed by atoms with Crippen LogP contribution >= 0.6 is 0 Å². The van der Waals surface area contributed by atoms with Crippen LogP contribution in [0, 0.1) is 13.8 Å². The maximum atomic E-state index is 11.9. The van der Waals surface area contributed by atoms with Crippen LogP contribution in [-0.2, 0) is 4.79 Å². The van der Waals surface area contributed by atoms with Gasteiger partial charge in [0, 0.05) is 32.7 Å². The van der Waals surface area contributed by atoms with Crippen molar-refractivity contribution in [3.05, 3.63) is 17.3 Å². The van der Waals surface area contributed by atoms with E-state index in [9.17, 15) is 4.79 Å². The third-order valence-electron chi connectivity index (χ3n) is 4.12. The molecule has 2 aliphatic heterocycles. The highest BCUT2D eigenvalue weighted by atomic mass is 16.2. The Labute approximate surface area is 112 Å². The second kappa shape index (κ2) is 4.77. The van der Waals surface area contributed by atoms with Gasteiger partial charge in [0.05, 0.1) is 6.20 Å². The van der Waals surface area contributed by atoms with Gasteiger partial charge in [0.15, 0.2) is 5.82 Å². The summed E-state index contributed by atoms with van der Waals surface area (Å²) in [6.45, 7) is 8.33. The zero-order valence-corrected chi connectivity index (χ0v) is 11.4. The lowest BCUT2D eigenvalue weighted by molar-refractivity contribution is -0.129. The van der Waals surface area contributed by atoms with Crippen LogP contribution in [0.3, 0.4) is 0 Å². The fourth-order valence-electron chi connectivity index (χ4n) is 2.79. The molecule has 0 aromatic carbocycles. The summed E-state index contributed by atoms with van der Waals surface area (Å²) in [5.74, 6) is 1.05. The normalized spacial score (nSPS) is 24.0. The van der Waals surface area contributed by atoms with Gasteiger partial charge in [-0.1, -0.05) is 0 Å². The van der Waals surface area contributed by atoms with Crippen molar-refractivity contribution >= 4 is 11.7 Å². The molecular formula is C13H19N5O. The predicted octanol–water partition coefficient (Wildman–Crippen LogP) is -0.286. The monoisotopic (exact) mass is 261 g/mol. The van der Waals surface area contributed by atoms with Gasteiger partial charge in [-0.3, -0.25) is 9.69 Å². The standard InChI is InChI=1S/C13H19N5O/c1-9-7-15-16-12(10(9)2)18-6-5-17-4-3-14-13(19)11(17)8-18/h7,11H,3-6,8H2,1-2H3,(H,14,19). The maximum absolute atomic E-state index is 11.9. The summed E-state index contributed by atoms with van der Waals surface area (Å²) in [6.07, 6.45) is 1.78. The number of nitrogens with one attached hydrogen (secondary N) is 1. The molecule has 1 N–H and O–H groups in total. The number of aromatic nitrogens is 2.